The molecular formula is C24H24N8O. The molecule has 5 aromatic rings. The summed E-state index contributed by atoms with van der Waals surface area (Å²) in [7, 11) is 1.88. The highest BCUT2D eigenvalue weighted by atomic mass is 16.3. The van der Waals surface area contributed by atoms with Crippen LogP contribution >= 0.6 is 0 Å². The molecule has 166 valence electrons. The van der Waals surface area contributed by atoms with Crippen molar-refractivity contribution in [3.8, 4) is 22.4 Å². The van der Waals surface area contributed by atoms with Crippen molar-refractivity contribution in [2.24, 2.45) is 7.05 Å². The van der Waals surface area contributed by atoms with Crippen LogP contribution in [0.15, 0.2) is 61.4 Å². The Bertz CT molecular complexity index is 1430. The van der Waals surface area contributed by atoms with Crippen molar-refractivity contribution < 1.29 is 5.11 Å². The zero-order chi connectivity index (χ0) is 23.0. The van der Waals surface area contributed by atoms with Crippen LogP contribution in [-0.4, -0.2) is 39.8 Å². The molecule has 5 rings (SSSR count). The minimum Gasteiger partial charge on any atom is -0.379 e. The van der Waals surface area contributed by atoms with Crippen LogP contribution in [0.1, 0.15) is 31.0 Å². The molecule has 5 aromatic heterocycles. The van der Waals surface area contributed by atoms with E-state index >= 15 is 0 Å². The van der Waals surface area contributed by atoms with Gasteiger partial charge < -0.3 is 15.8 Å². The van der Waals surface area contributed by atoms with Gasteiger partial charge in [-0.05, 0) is 36.2 Å². The van der Waals surface area contributed by atoms with Gasteiger partial charge in [0.2, 0.25) is 5.95 Å². The summed E-state index contributed by atoms with van der Waals surface area (Å²) in [6, 6.07) is 7.43. The number of nitrogens with two attached hydrogens (primary N) is 1. The molecule has 33 heavy (non-hydrogen) atoms. The summed E-state index contributed by atoms with van der Waals surface area (Å²) in [5.74, 6) is 0.0943. The maximum Gasteiger partial charge on any atom is 0.220 e. The van der Waals surface area contributed by atoms with E-state index < -0.39 is 5.60 Å². The summed E-state index contributed by atoms with van der Waals surface area (Å²) in [5, 5.41) is 16.8. The molecule has 0 amide bonds. The van der Waals surface area contributed by atoms with Crippen LogP contribution in [-0.2, 0) is 12.6 Å². The van der Waals surface area contributed by atoms with Gasteiger partial charge in [-0.2, -0.15) is 5.10 Å². The summed E-state index contributed by atoms with van der Waals surface area (Å²) in [6.07, 6.45) is 12.0. The SMILES string of the molecule is CCC[C@](O)(c1ccncc1)c1cc(-c2c[nH]c3ncc(-c4cnn(C)c4)cc23)nc(N)n1. The van der Waals surface area contributed by atoms with Crippen molar-refractivity contribution in [1.29, 1.82) is 0 Å². The smallest absolute Gasteiger partial charge is 0.220 e. The molecular weight excluding hydrogens is 416 g/mol. The molecule has 0 saturated heterocycles. The first kappa shape index (κ1) is 20.8. The summed E-state index contributed by atoms with van der Waals surface area (Å²) in [6.45, 7) is 2.02. The standard InChI is InChI=1S/C24H24N8O/c1-3-6-24(33,17-4-7-26-8-5-17)21-10-20(30-23(25)31-21)19-13-28-22-18(19)9-15(11-27-22)16-12-29-32(2)14-16/h4-5,7-14,33H,3,6H2,1-2H3,(H,27,28)(H2,25,30,31)/t24-/m0/s1. The summed E-state index contributed by atoms with van der Waals surface area (Å²) in [5.41, 5.74) is 10.0. The lowest BCUT2D eigenvalue weighted by Gasteiger charge is -2.28. The molecule has 5 heterocycles. The third-order valence-electron chi connectivity index (χ3n) is 5.78. The van der Waals surface area contributed by atoms with Gasteiger partial charge in [-0.15, -0.1) is 0 Å². The fraction of sp³-hybridized carbons (Fsp3) is 0.208. The Balaban J connectivity index is 1.65. The van der Waals surface area contributed by atoms with Crippen molar-refractivity contribution in [1.82, 2.24) is 34.7 Å². The number of nitrogens with zero attached hydrogens (tertiary/aromatic N) is 6. The van der Waals surface area contributed by atoms with Gasteiger partial charge in [-0.3, -0.25) is 9.67 Å². The molecule has 0 radical (unpaired) electrons. The Kier molecular flexibility index (Phi) is 5.10. The average Bonchev–Trinajstić information content (AvgIpc) is 3.45. The largest absolute Gasteiger partial charge is 0.379 e. The quantitative estimate of drug-likeness (QED) is 0.368. The number of pyridine rings is 2. The number of anilines is 1. The van der Waals surface area contributed by atoms with Gasteiger partial charge in [0.25, 0.3) is 0 Å². The molecule has 0 aliphatic carbocycles. The van der Waals surface area contributed by atoms with Crippen LogP contribution in [0, 0.1) is 0 Å². The molecule has 0 fully saturated rings. The number of rotatable bonds is 6. The van der Waals surface area contributed by atoms with Crippen LogP contribution in [0.25, 0.3) is 33.4 Å². The van der Waals surface area contributed by atoms with E-state index in [9.17, 15) is 5.11 Å². The van der Waals surface area contributed by atoms with Gasteiger partial charge in [0.05, 0.1) is 17.6 Å². The minimum absolute atomic E-state index is 0.0943. The Morgan fingerprint density at radius 1 is 1.12 bits per heavy atom. The second kappa shape index (κ2) is 8.10. The monoisotopic (exact) mass is 440 g/mol. The normalized spacial score (nSPS) is 13.3. The third-order valence-corrected chi connectivity index (χ3v) is 5.78. The number of aryl methyl sites for hydroxylation is 1. The number of nitrogens with one attached hydrogen (secondary N) is 1. The van der Waals surface area contributed by atoms with Gasteiger partial charge in [0.1, 0.15) is 11.2 Å². The fourth-order valence-electron chi connectivity index (χ4n) is 4.17. The Morgan fingerprint density at radius 3 is 2.67 bits per heavy atom. The van der Waals surface area contributed by atoms with E-state index in [1.54, 1.807) is 41.5 Å². The number of aliphatic hydroxyl groups is 1. The van der Waals surface area contributed by atoms with E-state index in [2.05, 4.69) is 30.0 Å². The van der Waals surface area contributed by atoms with Gasteiger partial charge >= 0.3 is 0 Å². The van der Waals surface area contributed by atoms with Crippen LogP contribution in [0.3, 0.4) is 0 Å². The van der Waals surface area contributed by atoms with Crippen LogP contribution in [0.2, 0.25) is 0 Å². The van der Waals surface area contributed by atoms with E-state index in [1.807, 2.05) is 38.6 Å². The first-order valence-electron chi connectivity index (χ1n) is 10.7. The van der Waals surface area contributed by atoms with Crippen molar-refractivity contribution in [2.45, 2.75) is 25.4 Å². The van der Waals surface area contributed by atoms with E-state index in [4.69, 9.17) is 5.73 Å². The Labute approximate surface area is 190 Å². The number of fused-ring (bicyclic) bond motifs is 1. The van der Waals surface area contributed by atoms with Gasteiger partial charge in [0, 0.05) is 60.1 Å². The van der Waals surface area contributed by atoms with Crippen molar-refractivity contribution in [3.05, 3.63) is 72.7 Å². The van der Waals surface area contributed by atoms with Crippen molar-refractivity contribution >= 4 is 17.0 Å². The predicted octanol–water partition coefficient (Wildman–Crippen LogP) is 3.43. The number of hydrogen-bond donors (Lipinski definition) is 3. The molecule has 9 heteroatoms. The molecule has 0 aliphatic rings. The van der Waals surface area contributed by atoms with E-state index in [-0.39, 0.29) is 5.95 Å². The molecule has 9 nitrogen and oxygen atoms in total. The van der Waals surface area contributed by atoms with Crippen LogP contribution in [0.5, 0.6) is 0 Å². The summed E-state index contributed by atoms with van der Waals surface area (Å²) >= 11 is 0. The minimum atomic E-state index is -1.31. The second-order valence-corrected chi connectivity index (χ2v) is 8.07. The van der Waals surface area contributed by atoms with Crippen LogP contribution < -0.4 is 5.73 Å². The number of aromatic amines is 1. The maximum absolute atomic E-state index is 11.7. The molecule has 0 spiro atoms. The number of hydrogen-bond acceptors (Lipinski definition) is 7. The molecule has 4 N–H and O–H groups in total. The van der Waals surface area contributed by atoms with Gasteiger partial charge in [-0.1, -0.05) is 13.3 Å². The first-order valence-corrected chi connectivity index (χ1v) is 10.7. The highest BCUT2D eigenvalue weighted by Gasteiger charge is 2.33. The Morgan fingerprint density at radius 2 is 1.94 bits per heavy atom. The predicted molar refractivity (Wildman–Crippen MR) is 126 cm³/mol. The molecule has 0 unspecified atom stereocenters. The lowest BCUT2D eigenvalue weighted by molar-refractivity contribution is 0.0656. The Hall–Kier alpha value is -4.11. The maximum atomic E-state index is 11.7. The number of aromatic nitrogens is 7. The van der Waals surface area contributed by atoms with Gasteiger partial charge in [0.15, 0.2) is 0 Å². The summed E-state index contributed by atoms with van der Waals surface area (Å²) in [4.78, 5) is 20.7. The average molecular weight is 441 g/mol. The highest BCUT2D eigenvalue weighted by molar-refractivity contribution is 5.95. The fourth-order valence-corrected chi connectivity index (χ4v) is 4.17. The third kappa shape index (κ3) is 3.72. The molecule has 1 atom stereocenters. The number of nitrogen functional groups attached to an aromatic ring is 1. The van der Waals surface area contributed by atoms with Crippen molar-refractivity contribution in [3.63, 3.8) is 0 Å². The zero-order valence-electron chi connectivity index (χ0n) is 18.4. The van der Waals surface area contributed by atoms with E-state index in [0.717, 1.165) is 34.1 Å². The number of H-pyrrole nitrogens is 1. The molecule has 0 aromatic carbocycles. The first-order chi connectivity index (χ1) is 16.0. The zero-order valence-corrected chi connectivity index (χ0v) is 18.4. The molecule has 0 aliphatic heterocycles. The topological polar surface area (TPSA) is 131 Å². The lowest BCUT2D eigenvalue weighted by atomic mass is 9.86. The summed E-state index contributed by atoms with van der Waals surface area (Å²) < 4.78 is 1.75. The molecule has 0 saturated carbocycles. The molecule has 0 bridgehead atoms. The van der Waals surface area contributed by atoms with E-state index in [1.165, 1.54) is 0 Å². The van der Waals surface area contributed by atoms with Crippen molar-refractivity contribution in [2.75, 3.05) is 5.73 Å². The highest BCUT2D eigenvalue weighted by Crippen LogP contribution is 2.36. The van der Waals surface area contributed by atoms with Crippen LogP contribution in [0.4, 0.5) is 5.95 Å². The van der Waals surface area contributed by atoms with E-state index in [0.29, 0.717) is 23.4 Å². The second-order valence-electron chi connectivity index (χ2n) is 8.07. The lowest BCUT2D eigenvalue weighted by Crippen LogP contribution is -2.29. The van der Waals surface area contributed by atoms with Gasteiger partial charge in [-0.25, -0.2) is 15.0 Å².